The Labute approximate surface area is 166 Å². The average molecular weight is 395 g/mol. The van der Waals surface area contributed by atoms with Gasteiger partial charge < -0.3 is 19.0 Å². The number of rotatable bonds is 7. The molecule has 154 valence electrons. The zero-order valence-corrected chi connectivity index (χ0v) is 18.9. The normalized spacial score (nSPS) is 23.3. The summed E-state index contributed by atoms with van der Waals surface area (Å²) in [7, 11) is -1.72. The molecule has 1 atom stereocenters. The fourth-order valence-electron chi connectivity index (χ4n) is 3.18. The van der Waals surface area contributed by atoms with Crippen molar-refractivity contribution in [3.63, 3.8) is 0 Å². The Balaban J connectivity index is 1.95. The van der Waals surface area contributed by atoms with Gasteiger partial charge in [0.2, 0.25) is 0 Å². The molecule has 0 radical (unpaired) electrons. The number of hydrogen-bond acceptors (Lipinski definition) is 4. The Hall–Kier alpha value is -0.643. The van der Waals surface area contributed by atoms with Crippen LogP contribution in [0.5, 0.6) is 0 Å². The molecule has 1 aliphatic heterocycles. The van der Waals surface area contributed by atoms with Crippen molar-refractivity contribution in [3.05, 3.63) is 11.6 Å². The molecule has 0 aromatic heterocycles. The van der Waals surface area contributed by atoms with Crippen molar-refractivity contribution in [1.82, 2.24) is 0 Å². The first-order valence-corrected chi connectivity index (χ1v) is 13.3. The zero-order valence-electron chi connectivity index (χ0n) is 17.9. The second-order valence-electron chi connectivity index (χ2n) is 9.22. The highest BCUT2D eigenvalue weighted by molar-refractivity contribution is 6.74. The first kappa shape index (κ1) is 22.6. The molecule has 0 aromatic carbocycles. The lowest BCUT2D eigenvalue weighted by molar-refractivity contribution is -0.231. The molecule has 1 heterocycles. The summed E-state index contributed by atoms with van der Waals surface area (Å²) in [5.74, 6) is 6.54. The van der Waals surface area contributed by atoms with E-state index in [2.05, 4.69) is 45.7 Å². The minimum Gasteiger partial charge on any atom is -0.416 e. The molecule has 2 aliphatic rings. The van der Waals surface area contributed by atoms with Crippen molar-refractivity contribution in [2.75, 3.05) is 19.8 Å². The van der Waals surface area contributed by atoms with Crippen molar-refractivity contribution >= 4 is 8.32 Å². The molecule has 1 saturated heterocycles. The standard InChI is InChI=1S/C22H38O4Si/c1-21(2,3)27(4,5)25-18-9-6-11-19(13-16-23)22(14-10-15-22)26-20-12-7-8-17-24-20/h13,20,23H,7-10,12,14-18H2,1-5H3/b19-13-. The monoisotopic (exact) mass is 394 g/mol. The van der Waals surface area contributed by atoms with E-state index in [0.717, 1.165) is 50.7 Å². The molecular formula is C22H38O4Si. The Bertz CT molecular complexity index is 555. The molecule has 27 heavy (non-hydrogen) atoms. The third-order valence-electron chi connectivity index (χ3n) is 6.16. The van der Waals surface area contributed by atoms with Crippen LogP contribution in [0, 0.1) is 11.8 Å². The fourth-order valence-corrected chi connectivity index (χ4v) is 4.22. The minimum atomic E-state index is -1.72. The van der Waals surface area contributed by atoms with Gasteiger partial charge in [-0.15, -0.1) is 0 Å². The molecular weight excluding hydrogens is 356 g/mol. The number of aliphatic hydroxyl groups excluding tert-OH is 1. The van der Waals surface area contributed by atoms with E-state index in [1.807, 2.05) is 6.08 Å². The van der Waals surface area contributed by atoms with Crippen LogP contribution in [0.1, 0.15) is 65.7 Å². The van der Waals surface area contributed by atoms with E-state index < -0.39 is 8.32 Å². The van der Waals surface area contributed by atoms with E-state index in [1.165, 1.54) is 0 Å². The summed E-state index contributed by atoms with van der Waals surface area (Å²) >= 11 is 0. The van der Waals surface area contributed by atoms with Crippen LogP contribution in [-0.4, -0.2) is 45.1 Å². The first-order valence-electron chi connectivity index (χ1n) is 10.4. The summed E-state index contributed by atoms with van der Waals surface area (Å²) in [5, 5.41) is 9.69. The van der Waals surface area contributed by atoms with Crippen LogP contribution in [0.25, 0.3) is 0 Å². The molecule has 0 bridgehead atoms. The topological polar surface area (TPSA) is 47.9 Å². The summed E-state index contributed by atoms with van der Waals surface area (Å²) < 4.78 is 18.3. The molecule has 4 nitrogen and oxygen atoms in total. The van der Waals surface area contributed by atoms with Crippen LogP contribution in [0.15, 0.2) is 11.6 Å². The lowest BCUT2D eigenvalue weighted by atomic mass is 9.74. The van der Waals surface area contributed by atoms with Crippen LogP contribution in [0.3, 0.4) is 0 Å². The van der Waals surface area contributed by atoms with E-state index in [-0.39, 0.29) is 23.5 Å². The molecule has 1 aliphatic carbocycles. The van der Waals surface area contributed by atoms with Gasteiger partial charge in [-0.05, 0) is 62.7 Å². The first-order chi connectivity index (χ1) is 12.7. The highest BCUT2D eigenvalue weighted by atomic mass is 28.4. The summed E-state index contributed by atoms with van der Waals surface area (Å²) in [6.07, 6.45) is 8.62. The molecule has 0 spiro atoms. The molecule has 2 fully saturated rings. The van der Waals surface area contributed by atoms with Gasteiger partial charge in [0, 0.05) is 25.2 Å². The number of hydrogen-bond donors (Lipinski definition) is 1. The van der Waals surface area contributed by atoms with Crippen molar-refractivity contribution in [2.45, 2.75) is 95.7 Å². The molecule has 0 amide bonds. The van der Waals surface area contributed by atoms with Crippen molar-refractivity contribution in [2.24, 2.45) is 0 Å². The van der Waals surface area contributed by atoms with Crippen LogP contribution < -0.4 is 0 Å². The minimum absolute atomic E-state index is 0.0128. The van der Waals surface area contributed by atoms with Gasteiger partial charge in [-0.1, -0.05) is 32.6 Å². The number of ether oxygens (including phenoxy) is 2. The smallest absolute Gasteiger partial charge is 0.192 e. The lowest BCUT2D eigenvalue weighted by Crippen LogP contribution is -2.46. The van der Waals surface area contributed by atoms with Gasteiger partial charge in [-0.2, -0.15) is 0 Å². The maximum absolute atomic E-state index is 9.47. The predicted molar refractivity (Wildman–Crippen MR) is 112 cm³/mol. The summed E-state index contributed by atoms with van der Waals surface area (Å²) in [5.41, 5.74) is 0.552. The van der Waals surface area contributed by atoms with E-state index in [1.54, 1.807) is 0 Å². The second-order valence-corrected chi connectivity index (χ2v) is 14.0. The van der Waals surface area contributed by atoms with Gasteiger partial charge in [0.15, 0.2) is 14.6 Å². The van der Waals surface area contributed by atoms with Gasteiger partial charge in [0.1, 0.15) is 5.60 Å². The van der Waals surface area contributed by atoms with E-state index >= 15 is 0 Å². The maximum Gasteiger partial charge on any atom is 0.192 e. The molecule has 0 aromatic rings. The molecule has 1 unspecified atom stereocenters. The van der Waals surface area contributed by atoms with E-state index in [0.29, 0.717) is 13.0 Å². The van der Waals surface area contributed by atoms with Gasteiger partial charge >= 0.3 is 0 Å². The lowest BCUT2D eigenvalue weighted by Gasteiger charge is -2.44. The summed E-state index contributed by atoms with van der Waals surface area (Å²) in [4.78, 5) is 0. The average Bonchev–Trinajstić information content (AvgIpc) is 2.57. The highest BCUT2D eigenvalue weighted by Crippen LogP contribution is 2.43. The third-order valence-corrected chi connectivity index (χ3v) is 10.7. The van der Waals surface area contributed by atoms with E-state index in [4.69, 9.17) is 13.9 Å². The Morgan fingerprint density at radius 3 is 2.52 bits per heavy atom. The van der Waals surface area contributed by atoms with Crippen LogP contribution in [-0.2, 0) is 13.9 Å². The largest absolute Gasteiger partial charge is 0.416 e. The molecule has 1 saturated carbocycles. The third kappa shape index (κ3) is 6.17. The van der Waals surface area contributed by atoms with Gasteiger partial charge in [-0.25, -0.2) is 0 Å². The molecule has 5 heteroatoms. The van der Waals surface area contributed by atoms with Gasteiger partial charge in [0.05, 0.1) is 6.61 Å². The van der Waals surface area contributed by atoms with Crippen molar-refractivity contribution in [3.8, 4) is 11.8 Å². The Morgan fingerprint density at radius 1 is 1.26 bits per heavy atom. The Kier molecular flexibility index (Phi) is 8.14. The highest BCUT2D eigenvalue weighted by Gasteiger charge is 2.43. The maximum atomic E-state index is 9.47. The summed E-state index contributed by atoms with van der Waals surface area (Å²) in [6.45, 7) is 12.7. The van der Waals surface area contributed by atoms with Crippen LogP contribution in [0.4, 0.5) is 0 Å². The Morgan fingerprint density at radius 2 is 2.00 bits per heavy atom. The summed E-state index contributed by atoms with van der Waals surface area (Å²) in [6, 6.07) is 0. The van der Waals surface area contributed by atoms with Gasteiger partial charge in [-0.3, -0.25) is 0 Å². The SMILES string of the molecule is CC(C)(C)[Si](C)(C)OCCC#C/C(=C/CO)C1(OC2CCCCO2)CCC1. The predicted octanol–water partition coefficient (Wildman–Crippen LogP) is 4.79. The molecule has 2 rings (SSSR count). The van der Waals surface area contributed by atoms with Crippen LogP contribution >= 0.6 is 0 Å². The van der Waals surface area contributed by atoms with Crippen molar-refractivity contribution < 1.29 is 19.0 Å². The zero-order chi connectivity index (χ0) is 20.0. The van der Waals surface area contributed by atoms with E-state index in [9.17, 15) is 5.11 Å². The number of aliphatic hydroxyl groups is 1. The van der Waals surface area contributed by atoms with Gasteiger partial charge in [0.25, 0.3) is 0 Å². The van der Waals surface area contributed by atoms with Crippen LogP contribution in [0.2, 0.25) is 18.1 Å². The fraction of sp³-hybridized carbons (Fsp3) is 0.818. The van der Waals surface area contributed by atoms with Crippen molar-refractivity contribution in [1.29, 1.82) is 0 Å². The quantitative estimate of drug-likeness (QED) is 0.383. The second kappa shape index (κ2) is 9.71. The molecule has 1 N–H and O–H groups in total.